The summed E-state index contributed by atoms with van der Waals surface area (Å²) in [7, 11) is 0. The second-order valence-electron chi connectivity index (χ2n) is 10.8. The first kappa shape index (κ1) is 27.1. The molecular formula is C28H41N3O3S. The van der Waals surface area contributed by atoms with Crippen LogP contribution in [0.2, 0.25) is 0 Å². The number of fused-ring (bicyclic) bond motifs is 1. The molecule has 2 aromatic rings. The number of amides is 3. The third-order valence-electron chi connectivity index (χ3n) is 6.54. The summed E-state index contributed by atoms with van der Waals surface area (Å²) in [6.07, 6.45) is 1.61. The van der Waals surface area contributed by atoms with Gasteiger partial charge >= 0.3 is 6.03 Å². The number of nitrogens with one attached hydrogen (secondary N) is 1. The van der Waals surface area contributed by atoms with Gasteiger partial charge in [0, 0.05) is 23.0 Å². The van der Waals surface area contributed by atoms with E-state index in [1.165, 1.54) is 10.4 Å². The number of ether oxygens (including phenoxy) is 1. The van der Waals surface area contributed by atoms with Crippen molar-refractivity contribution in [3.05, 3.63) is 51.7 Å². The SMILES string of the molecule is CC[C@H](C)N(CC(=O)N1CCc2sccc2[C@H]1COc1ccc(C(C)C)cc1)C(=O)NC(C)(C)C. The van der Waals surface area contributed by atoms with Crippen LogP contribution in [0.3, 0.4) is 0 Å². The van der Waals surface area contributed by atoms with Crippen molar-refractivity contribution in [1.29, 1.82) is 0 Å². The van der Waals surface area contributed by atoms with E-state index in [1.807, 2.05) is 51.7 Å². The third kappa shape index (κ3) is 7.00. The predicted molar refractivity (Wildman–Crippen MR) is 143 cm³/mol. The fourth-order valence-corrected chi connectivity index (χ4v) is 5.20. The number of hydrogen-bond donors (Lipinski definition) is 1. The van der Waals surface area contributed by atoms with Crippen LogP contribution in [0.25, 0.3) is 0 Å². The molecule has 1 aliphatic heterocycles. The largest absolute Gasteiger partial charge is 0.491 e. The zero-order chi connectivity index (χ0) is 25.8. The van der Waals surface area contributed by atoms with Crippen molar-refractivity contribution in [3.63, 3.8) is 0 Å². The lowest BCUT2D eigenvalue weighted by atomic mass is 10.00. The molecule has 0 saturated carbocycles. The fourth-order valence-electron chi connectivity index (χ4n) is 4.28. The van der Waals surface area contributed by atoms with Crippen molar-refractivity contribution in [2.45, 2.75) is 84.8 Å². The van der Waals surface area contributed by atoms with Crippen LogP contribution in [0.4, 0.5) is 4.79 Å². The molecule has 192 valence electrons. The first-order valence-electron chi connectivity index (χ1n) is 12.7. The highest BCUT2D eigenvalue weighted by Gasteiger charge is 2.34. The van der Waals surface area contributed by atoms with E-state index in [2.05, 4.69) is 42.7 Å². The maximum atomic E-state index is 13.6. The average molecular weight is 500 g/mol. The normalized spacial score (nSPS) is 16.6. The van der Waals surface area contributed by atoms with E-state index in [1.54, 1.807) is 16.2 Å². The van der Waals surface area contributed by atoms with E-state index in [4.69, 9.17) is 4.74 Å². The van der Waals surface area contributed by atoms with Gasteiger partial charge < -0.3 is 19.9 Å². The zero-order valence-electron chi connectivity index (χ0n) is 22.3. The number of rotatable bonds is 8. The Kier molecular flexibility index (Phi) is 8.86. The van der Waals surface area contributed by atoms with Crippen molar-refractivity contribution in [2.75, 3.05) is 19.7 Å². The molecule has 2 heterocycles. The molecule has 0 spiro atoms. The second-order valence-corrected chi connectivity index (χ2v) is 11.8. The molecule has 1 aromatic heterocycles. The minimum atomic E-state index is -0.371. The van der Waals surface area contributed by atoms with Crippen LogP contribution in [0.5, 0.6) is 5.75 Å². The van der Waals surface area contributed by atoms with Gasteiger partial charge in [-0.1, -0.05) is 32.9 Å². The minimum Gasteiger partial charge on any atom is -0.491 e. The van der Waals surface area contributed by atoms with Gasteiger partial charge in [-0.15, -0.1) is 11.3 Å². The molecule has 0 aliphatic carbocycles. The lowest BCUT2D eigenvalue weighted by molar-refractivity contribution is -0.136. The van der Waals surface area contributed by atoms with Gasteiger partial charge in [0.2, 0.25) is 5.91 Å². The summed E-state index contributed by atoms with van der Waals surface area (Å²) in [6.45, 7) is 15.3. The summed E-state index contributed by atoms with van der Waals surface area (Å²) in [5, 5.41) is 5.11. The average Bonchev–Trinajstić information content (AvgIpc) is 3.28. The van der Waals surface area contributed by atoms with Gasteiger partial charge in [-0.05, 0) is 81.2 Å². The highest BCUT2D eigenvalue weighted by molar-refractivity contribution is 7.10. The van der Waals surface area contributed by atoms with Crippen LogP contribution in [0, 0.1) is 0 Å². The van der Waals surface area contributed by atoms with Gasteiger partial charge in [0.1, 0.15) is 18.9 Å². The van der Waals surface area contributed by atoms with Crippen LogP contribution in [0.15, 0.2) is 35.7 Å². The first-order chi connectivity index (χ1) is 16.5. The Bertz CT molecular complexity index is 994. The van der Waals surface area contributed by atoms with Crippen molar-refractivity contribution in [3.8, 4) is 5.75 Å². The van der Waals surface area contributed by atoms with E-state index in [0.29, 0.717) is 19.1 Å². The lowest BCUT2D eigenvalue weighted by Crippen LogP contribution is -2.55. The molecule has 6 nitrogen and oxygen atoms in total. The highest BCUT2D eigenvalue weighted by Crippen LogP contribution is 2.34. The van der Waals surface area contributed by atoms with Crippen LogP contribution in [-0.2, 0) is 11.2 Å². The summed E-state index contributed by atoms with van der Waals surface area (Å²) < 4.78 is 6.19. The van der Waals surface area contributed by atoms with Gasteiger partial charge in [-0.3, -0.25) is 4.79 Å². The molecule has 3 amide bonds. The Labute approximate surface area is 214 Å². The second kappa shape index (κ2) is 11.5. The molecule has 0 radical (unpaired) electrons. The number of carbonyl (C=O) groups is 2. The van der Waals surface area contributed by atoms with Crippen molar-refractivity contribution >= 4 is 23.3 Å². The predicted octanol–water partition coefficient (Wildman–Crippen LogP) is 5.98. The quantitative estimate of drug-likeness (QED) is 0.486. The lowest BCUT2D eigenvalue weighted by Gasteiger charge is -2.38. The van der Waals surface area contributed by atoms with Gasteiger partial charge in [0.15, 0.2) is 0 Å². The summed E-state index contributed by atoms with van der Waals surface area (Å²) in [5.41, 5.74) is 2.05. The van der Waals surface area contributed by atoms with E-state index >= 15 is 0 Å². The van der Waals surface area contributed by atoms with Crippen LogP contribution < -0.4 is 10.1 Å². The van der Waals surface area contributed by atoms with E-state index in [0.717, 1.165) is 24.2 Å². The molecule has 1 aliphatic rings. The van der Waals surface area contributed by atoms with E-state index in [9.17, 15) is 9.59 Å². The van der Waals surface area contributed by atoms with E-state index in [-0.39, 0.29) is 36.1 Å². The molecule has 2 atom stereocenters. The zero-order valence-corrected chi connectivity index (χ0v) is 23.1. The monoisotopic (exact) mass is 499 g/mol. The summed E-state index contributed by atoms with van der Waals surface area (Å²) >= 11 is 1.74. The number of nitrogens with zero attached hydrogens (tertiary/aromatic N) is 2. The Morgan fingerprint density at radius 3 is 2.46 bits per heavy atom. The topological polar surface area (TPSA) is 61.9 Å². The number of thiophene rings is 1. The third-order valence-corrected chi connectivity index (χ3v) is 7.54. The Hall–Kier alpha value is -2.54. The molecule has 3 rings (SSSR count). The fraction of sp³-hybridized carbons (Fsp3) is 0.571. The number of urea groups is 1. The van der Waals surface area contributed by atoms with Gasteiger partial charge in [-0.25, -0.2) is 4.79 Å². The maximum Gasteiger partial charge on any atom is 0.318 e. The summed E-state index contributed by atoms with van der Waals surface area (Å²) in [5.74, 6) is 1.22. The Balaban J connectivity index is 1.77. The number of benzene rings is 1. The van der Waals surface area contributed by atoms with Crippen LogP contribution in [-0.4, -0.2) is 53.0 Å². The summed E-state index contributed by atoms with van der Waals surface area (Å²) in [6, 6.07) is 9.87. The van der Waals surface area contributed by atoms with Gasteiger partial charge in [-0.2, -0.15) is 0 Å². The molecule has 1 aromatic carbocycles. The molecule has 35 heavy (non-hydrogen) atoms. The van der Waals surface area contributed by atoms with Crippen LogP contribution >= 0.6 is 11.3 Å². The number of hydrogen-bond acceptors (Lipinski definition) is 4. The number of carbonyl (C=O) groups excluding carboxylic acids is 2. The molecule has 0 bridgehead atoms. The van der Waals surface area contributed by atoms with Gasteiger partial charge in [0.25, 0.3) is 0 Å². The van der Waals surface area contributed by atoms with Gasteiger partial charge in [0.05, 0.1) is 6.04 Å². The Morgan fingerprint density at radius 2 is 1.86 bits per heavy atom. The maximum absolute atomic E-state index is 13.6. The molecule has 7 heteroatoms. The smallest absolute Gasteiger partial charge is 0.318 e. The Morgan fingerprint density at radius 1 is 1.17 bits per heavy atom. The standard InChI is InChI=1S/C28H41N3O3S/c1-8-20(4)31(27(33)29-28(5,6)7)17-26(32)30-15-13-25-23(14-16-35-25)24(30)18-34-22-11-9-21(10-12-22)19(2)3/h9-12,14,16,19-20,24H,8,13,15,17-18H2,1-7H3,(H,29,33)/t20-,24+/m0/s1. The molecule has 0 fully saturated rings. The molecular weight excluding hydrogens is 458 g/mol. The summed E-state index contributed by atoms with van der Waals surface area (Å²) in [4.78, 5) is 31.5. The van der Waals surface area contributed by atoms with Crippen LogP contribution in [0.1, 0.15) is 82.9 Å². The highest BCUT2D eigenvalue weighted by atomic mass is 32.1. The van der Waals surface area contributed by atoms with E-state index < -0.39 is 0 Å². The molecule has 0 saturated heterocycles. The van der Waals surface area contributed by atoms with Crippen molar-refractivity contribution in [2.24, 2.45) is 0 Å². The minimum absolute atomic E-state index is 0.0445. The van der Waals surface area contributed by atoms with Crippen molar-refractivity contribution < 1.29 is 14.3 Å². The molecule has 0 unspecified atom stereocenters. The first-order valence-corrected chi connectivity index (χ1v) is 13.6. The van der Waals surface area contributed by atoms with Crippen molar-refractivity contribution in [1.82, 2.24) is 15.1 Å². The molecule has 1 N–H and O–H groups in total.